The Kier molecular flexibility index (Phi) is 6.43. The second-order valence-corrected chi connectivity index (χ2v) is 6.26. The molecule has 3 rings (SSSR count). The fourth-order valence-electron chi connectivity index (χ4n) is 2.48. The third-order valence-electron chi connectivity index (χ3n) is 3.81. The number of benzene rings is 3. The summed E-state index contributed by atoms with van der Waals surface area (Å²) in [6.07, 6.45) is 0. The molecule has 0 bridgehead atoms. The van der Waals surface area contributed by atoms with Crippen molar-refractivity contribution >= 4 is 28.9 Å². The Hall–Kier alpha value is -3.72. The number of hydrogen-bond donors (Lipinski definition) is 1. The predicted molar refractivity (Wildman–Crippen MR) is 106 cm³/mol. The lowest BCUT2D eigenvalue weighted by atomic mass is 10.2. The molecule has 0 aromatic heterocycles. The standard InChI is InChI=1S/C20H13ClF2N2O5/c21-13-7-10-18(16(11-13)25(27)28)29-14-8-5-12(6-9-14)19(26)24-15-3-1-2-4-17(15)30-20(22)23/h1-11,20H,(H,24,26). The lowest BCUT2D eigenvalue weighted by Crippen LogP contribution is -2.13. The summed E-state index contributed by atoms with van der Waals surface area (Å²) >= 11 is 5.77. The second kappa shape index (κ2) is 9.19. The van der Waals surface area contributed by atoms with E-state index in [0.29, 0.717) is 0 Å². The van der Waals surface area contributed by atoms with Crippen molar-refractivity contribution in [1.29, 1.82) is 0 Å². The molecule has 0 heterocycles. The molecule has 0 aliphatic heterocycles. The fraction of sp³-hybridized carbons (Fsp3) is 0.0500. The molecule has 0 radical (unpaired) electrons. The number of para-hydroxylation sites is 2. The van der Waals surface area contributed by atoms with E-state index in [-0.39, 0.29) is 39.2 Å². The molecule has 3 aromatic carbocycles. The molecule has 1 N–H and O–H groups in total. The van der Waals surface area contributed by atoms with Gasteiger partial charge in [-0.2, -0.15) is 8.78 Å². The van der Waals surface area contributed by atoms with Crippen molar-refractivity contribution < 1.29 is 28.0 Å². The van der Waals surface area contributed by atoms with Crippen molar-refractivity contribution in [1.82, 2.24) is 0 Å². The lowest BCUT2D eigenvalue weighted by Gasteiger charge is -2.12. The maximum absolute atomic E-state index is 12.5. The van der Waals surface area contributed by atoms with E-state index < -0.39 is 17.4 Å². The third-order valence-corrected chi connectivity index (χ3v) is 4.05. The summed E-state index contributed by atoms with van der Waals surface area (Å²) in [6, 6.07) is 15.5. The van der Waals surface area contributed by atoms with E-state index in [9.17, 15) is 23.7 Å². The minimum absolute atomic E-state index is 0.0142. The van der Waals surface area contributed by atoms with E-state index in [1.807, 2.05) is 0 Å². The van der Waals surface area contributed by atoms with Crippen LogP contribution in [-0.4, -0.2) is 17.4 Å². The smallest absolute Gasteiger partial charge is 0.387 e. The quantitative estimate of drug-likeness (QED) is 0.369. The summed E-state index contributed by atoms with van der Waals surface area (Å²) in [5.41, 5.74) is -0.0142. The number of rotatable bonds is 7. The van der Waals surface area contributed by atoms with E-state index in [0.717, 1.165) is 6.07 Å². The van der Waals surface area contributed by atoms with Crippen LogP contribution >= 0.6 is 11.6 Å². The lowest BCUT2D eigenvalue weighted by molar-refractivity contribution is -0.385. The molecule has 0 unspecified atom stereocenters. The molecule has 0 fully saturated rings. The van der Waals surface area contributed by atoms with Gasteiger partial charge >= 0.3 is 12.3 Å². The van der Waals surface area contributed by atoms with Gasteiger partial charge in [0, 0.05) is 16.7 Å². The average molecular weight is 435 g/mol. The summed E-state index contributed by atoms with van der Waals surface area (Å²) < 4.78 is 34.9. The Morgan fingerprint density at radius 1 is 1.03 bits per heavy atom. The largest absolute Gasteiger partial charge is 0.450 e. The molecule has 1 amide bonds. The van der Waals surface area contributed by atoms with Crippen molar-refractivity contribution in [2.45, 2.75) is 6.61 Å². The van der Waals surface area contributed by atoms with Gasteiger partial charge in [-0.25, -0.2) is 0 Å². The van der Waals surface area contributed by atoms with Crippen molar-refractivity contribution in [3.63, 3.8) is 0 Å². The van der Waals surface area contributed by atoms with Crippen LogP contribution in [-0.2, 0) is 0 Å². The molecule has 0 saturated heterocycles. The van der Waals surface area contributed by atoms with Crippen LogP contribution in [0.1, 0.15) is 10.4 Å². The van der Waals surface area contributed by atoms with Gasteiger partial charge < -0.3 is 14.8 Å². The van der Waals surface area contributed by atoms with Gasteiger partial charge in [0.15, 0.2) is 0 Å². The highest BCUT2D eigenvalue weighted by atomic mass is 35.5. The summed E-state index contributed by atoms with van der Waals surface area (Å²) in [7, 11) is 0. The molecule has 0 atom stereocenters. The number of carbonyl (C=O) groups is 1. The SMILES string of the molecule is O=C(Nc1ccccc1OC(F)F)c1ccc(Oc2ccc(Cl)cc2[N+](=O)[O-])cc1. The van der Waals surface area contributed by atoms with Crippen molar-refractivity contribution in [2.24, 2.45) is 0 Å². The molecular formula is C20H13ClF2N2O5. The summed E-state index contributed by atoms with van der Waals surface area (Å²) in [4.78, 5) is 22.9. The number of alkyl halides is 2. The predicted octanol–water partition coefficient (Wildman–Crippen LogP) is 5.89. The average Bonchev–Trinajstić information content (AvgIpc) is 2.71. The Morgan fingerprint density at radius 2 is 1.73 bits per heavy atom. The summed E-state index contributed by atoms with van der Waals surface area (Å²) in [5, 5.41) is 13.8. The first kappa shape index (κ1) is 21.0. The van der Waals surface area contributed by atoms with Gasteiger partial charge in [-0.05, 0) is 48.5 Å². The van der Waals surface area contributed by atoms with Crippen LogP contribution in [0.25, 0.3) is 0 Å². The number of hydrogen-bond acceptors (Lipinski definition) is 5. The van der Waals surface area contributed by atoms with Gasteiger partial charge in [-0.15, -0.1) is 0 Å². The maximum Gasteiger partial charge on any atom is 0.387 e. The molecule has 0 aliphatic rings. The minimum atomic E-state index is -3.03. The Bertz CT molecular complexity index is 1080. The minimum Gasteiger partial charge on any atom is -0.450 e. The monoisotopic (exact) mass is 434 g/mol. The van der Waals surface area contributed by atoms with Crippen LogP contribution in [0, 0.1) is 10.1 Å². The Morgan fingerprint density at radius 3 is 2.40 bits per heavy atom. The van der Waals surface area contributed by atoms with Crippen LogP contribution in [0.3, 0.4) is 0 Å². The number of ether oxygens (including phenoxy) is 2. The summed E-state index contributed by atoms with van der Waals surface area (Å²) in [5.74, 6) is -0.502. The van der Waals surface area contributed by atoms with Crippen LogP contribution in [0.15, 0.2) is 66.7 Å². The van der Waals surface area contributed by atoms with Gasteiger partial charge in [0.05, 0.1) is 10.6 Å². The number of nitro benzene ring substituents is 1. The van der Waals surface area contributed by atoms with Crippen molar-refractivity contribution in [3.8, 4) is 17.2 Å². The third kappa shape index (κ3) is 5.21. The van der Waals surface area contributed by atoms with E-state index in [2.05, 4.69) is 10.1 Å². The molecule has 0 aliphatic carbocycles. The van der Waals surface area contributed by atoms with E-state index in [1.165, 1.54) is 54.6 Å². The number of anilines is 1. The van der Waals surface area contributed by atoms with E-state index in [1.54, 1.807) is 6.07 Å². The molecule has 0 spiro atoms. The first-order valence-electron chi connectivity index (χ1n) is 8.40. The molecule has 30 heavy (non-hydrogen) atoms. The number of halogens is 3. The first-order valence-corrected chi connectivity index (χ1v) is 8.78. The highest BCUT2D eigenvalue weighted by molar-refractivity contribution is 6.30. The Balaban J connectivity index is 1.74. The maximum atomic E-state index is 12.5. The van der Waals surface area contributed by atoms with Gasteiger partial charge in [0.1, 0.15) is 11.5 Å². The second-order valence-electron chi connectivity index (χ2n) is 5.82. The number of amides is 1. The number of nitrogens with one attached hydrogen (secondary N) is 1. The van der Waals surface area contributed by atoms with Gasteiger partial charge in [0.25, 0.3) is 5.91 Å². The molecular weight excluding hydrogens is 422 g/mol. The van der Waals surface area contributed by atoms with E-state index >= 15 is 0 Å². The topological polar surface area (TPSA) is 90.7 Å². The van der Waals surface area contributed by atoms with Gasteiger partial charge in [-0.3, -0.25) is 14.9 Å². The van der Waals surface area contributed by atoms with E-state index in [4.69, 9.17) is 16.3 Å². The highest BCUT2D eigenvalue weighted by Crippen LogP contribution is 2.33. The summed E-state index contributed by atoms with van der Waals surface area (Å²) in [6.45, 7) is -3.03. The molecule has 10 heteroatoms. The van der Waals surface area contributed by atoms with Crippen LogP contribution in [0.5, 0.6) is 17.2 Å². The fourth-order valence-corrected chi connectivity index (χ4v) is 2.65. The molecule has 154 valence electrons. The number of nitrogens with zero attached hydrogens (tertiary/aromatic N) is 1. The Labute approximate surface area is 174 Å². The van der Waals surface area contributed by atoms with Gasteiger partial charge in [-0.1, -0.05) is 23.7 Å². The zero-order valence-corrected chi connectivity index (χ0v) is 15.8. The van der Waals surface area contributed by atoms with Crippen LogP contribution < -0.4 is 14.8 Å². The van der Waals surface area contributed by atoms with Crippen molar-refractivity contribution in [3.05, 3.63) is 87.4 Å². The van der Waals surface area contributed by atoms with Crippen LogP contribution in [0.4, 0.5) is 20.2 Å². The molecule has 7 nitrogen and oxygen atoms in total. The zero-order valence-electron chi connectivity index (χ0n) is 15.1. The van der Waals surface area contributed by atoms with Crippen LogP contribution in [0.2, 0.25) is 5.02 Å². The molecule has 0 saturated carbocycles. The molecule has 3 aromatic rings. The number of nitro groups is 1. The highest BCUT2D eigenvalue weighted by Gasteiger charge is 2.17. The zero-order chi connectivity index (χ0) is 21.7. The normalized spacial score (nSPS) is 10.5. The first-order chi connectivity index (χ1) is 14.3. The number of carbonyl (C=O) groups excluding carboxylic acids is 1. The van der Waals surface area contributed by atoms with Gasteiger partial charge in [0.2, 0.25) is 5.75 Å². The van der Waals surface area contributed by atoms with Crippen molar-refractivity contribution in [2.75, 3.05) is 5.32 Å².